The van der Waals surface area contributed by atoms with E-state index in [2.05, 4.69) is 9.52 Å². The lowest BCUT2D eigenvalue weighted by Crippen LogP contribution is -2.40. The molecule has 6 N–H and O–H groups in total. The molecule has 124 valence electrons. The fraction of sp³-hybridized carbons (Fsp3) is 0.600. The Hall–Kier alpha value is -0.400. The number of phosphoric ester groups is 1. The van der Waals surface area contributed by atoms with Gasteiger partial charge in [-0.1, -0.05) is 6.08 Å². The number of nitrogens with two attached hydrogens (primary N) is 1. The molecule has 2 aliphatic rings. The third-order valence-electron chi connectivity index (χ3n) is 3.25. The lowest BCUT2D eigenvalue weighted by Gasteiger charge is -2.23. The Bertz CT molecular complexity index is 575. The Balaban J connectivity index is 2.10. The first-order valence-electron chi connectivity index (χ1n) is 6.07. The summed E-state index contributed by atoms with van der Waals surface area (Å²) in [7, 11) is -4.74. The molecule has 0 radical (unpaired) electrons. The van der Waals surface area contributed by atoms with E-state index in [0.717, 1.165) is 0 Å². The highest BCUT2D eigenvalue weighted by Crippen LogP contribution is 2.38. The zero-order valence-electron chi connectivity index (χ0n) is 10.9. The van der Waals surface area contributed by atoms with Crippen LogP contribution in [0.25, 0.3) is 0 Å². The number of nitrogens with zero attached hydrogens (tertiary/aromatic N) is 1. The maximum Gasteiger partial charge on any atom is 0.469 e. The Labute approximate surface area is 138 Å². The van der Waals surface area contributed by atoms with Gasteiger partial charge in [-0.3, -0.25) is 9.32 Å². The first kappa shape index (κ1) is 17.9. The molecule has 1 saturated heterocycles. The van der Waals surface area contributed by atoms with Crippen molar-refractivity contribution in [3.05, 3.63) is 9.66 Å². The van der Waals surface area contributed by atoms with Gasteiger partial charge in [-0.05, 0) is 22.6 Å². The van der Waals surface area contributed by atoms with E-state index in [4.69, 9.17) is 20.3 Å². The number of carbonyl (C=O) groups is 1. The van der Waals surface area contributed by atoms with Crippen LogP contribution < -0.4 is 5.73 Å². The average Bonchev–Trinajstić information content (AvgIpc) is 2.68. The molecule has 0 aromatic heterocycles. The van der Waals surface area contributed by atoms with Gasteiger partial charge in [0.15, 0.2) is 0 Å². The SMILES string of the molecule is NC1=NC(=O)C([C@@H]2O[C@H](COP(=O)(O)O)C(O)[C@H]2O)C=C1I. The number of aliphatic hydroxyl groups is 2. The van der Waals surface area contributed by atoms with E-state index in [1.807, 2.05) is 22.6 Å². The highest BCUT2D eigenvalue weighted by atomic mass is 127. The summed E-state index contributed by atoms with van der Waals surface area (Å²) < 4.78 is 20.8. The number of halogens is 1. The number of hydrogen-bond donors (Lipinski definition) is 5. The van der Waals surface area contributed by atoms with E-state index in [9.17, 15) is 19.6 Å². The van der Waals surface area contributed by atoms with Crippen molar-refractivity contribution in [1.82, 2.24) is 0 Å². The maximum absolute atomic E-state index is 11.9. The van der Waals surface area contributed by atoms with E-state index in [-0.39, 0.29) is 5.84 Å². The smallest absolute Gasteiger partial charge is 0.388 e. The summed E-state index contributed by atoms with van der Waals surface area (Å²) >= 11 is 1.86. The fourth-order valence-electron chi connectivity index (χ4n) is 2.18. The molecule has 5 atom stereocenters. The molecule has 1 amide bonds. The third-order valence-corrected chi connectivity index (χ3v) is 4.64. The van der Waals surface area contributed by atoms with Gasteiger partial charge < -0.3 is 30.5 Å². The van der Waals surface area contributed by atoms with Gasteiger partial charge in [-0.25, -0.2) is 4.57 Å². The largest absolute Gasteiger partial charge is 0.469 e. The summed E-state index contributed by atoms with van der Waals surface area (Å²) in [6.45, 7) is -0.633. The van der Waals surface area contributed by atoms with Crippen LogP contribution in [0.2, 0.25) is 0 Å². The molecule has 2 aliphatic heterocycles. The average molecular weight is 448 g/mol. The zero-order chi connectivity index (χ0) is 16.7. The van der Waals surface area contributed by atoms with Crippen LogP contribution in [0.1, 0.15) is 0 Å². The van der Waals surface area contributed by atoms with Crippen LogP contribution in [0, 0.1) is 5.92 Å². The van der Waals surface area contributed by atoms with Gasteiger partial charge in [0, 0.05) is 0 Å². The maximum atomic E-state index is 11.9. The van der Waals surface area contributed by atoms with E-state index >= 15 is 0 Å². The van der Waals surface area contributed by atoms with Crippen molar-refractivity contribution in [2.75, 3.05) is 6.61 Å². The van der Waals surface area contributed by atoms with Crippen molar-refractivity contribution < 1.29 is 38.6 Å². The summed E-state index contributed by atoms with van der Waals surface area (Å²) in [6.07, 6.45) is -3.74. The number of dihydropyridines is 1. The van der Waals surface area contributed by atoms with E-state index < -0.39 is 50.7 Å². The van der Waals surface area contributed by atoms with Crippen LogP contribution in [0.5, 0.6) is 0 Å². The van der Waals surface area contributed by atoms with Crippen LogP contribution in [0.4, 0.5) is 0 Å². The Morgan fingerprint density at radius 3 is 2.64 bits per heavy atom. The third kappa shape index (κ3) is 3.92. The van der Waals surface area contributed by atoms with Crippen LogP contribution in [0.15, 0.2) is 14.6 Å². The van der Waals surface area contributed by atoms with Crippen molar-refractivity contribution in [3.8, 4) is 0 Å². The van der Waals surface area contributed by atoms with Crippen molar-refractivity contribution >= 4 is 42.2 Å². The summed E-state index contributed by atoms with van der Waals surface area (Å²) in [5.74, 6) is -1.54. The number of hydrogen-bond acceptors (Lipinski definition) is 7. The molecule has 0 aromatic rings. The minimum Gasteiger partial charge on any atom is -0.388 e. The number of aliphatic hydroxyl groups excluding tert-OH is 2. The van der Waals surface area contributed by atoms with E-state index in [1.165, 1.54) is 6.08 Å². The predicted molar refractivity (Wildman–Crippen MR) is 80.9 cm³/mol. The van der Waals surface area contributed by atoms with E-state index in [0.29, 0.717) is 3.58 Å². The monoisotopic (exact) mass is 448 g/mol. The van der Waals surface area contributed by atoms with Gasteiger partial charge in [0.2, 0.25) is 0 Å². The van der Waals surface area contributed by atoms with Crippen molar-refractivity contribution in [2.24, 2.45) is 16.6 Å². The molecular formula is C10H14IN2O8P. The quantitative estimate of drug-likeness (QED) is 0.251. The van der Waals surface area contributed by atoms with Gasteiger partial charge in [-0.2, -0.15) is 4.99 Å². The first-order valence-corrected chi connectivity index (χ1v) is 8.68. The molecule has 2 heterocycles. The first-order chi connectivity index (χ1) is 10.1. The second-order valence-corrected chi connectivity index (χ2v) is 7.18. The molecule has 12 heteroatoms. The Kier molecular flexibility index (Phi) is 5.39. The van der Waals surface area contributed by atoms with Gasteiger partial charge in [0.1, 0.15) is 30.3 Å². The number of carbonyl (C=O) groups excluding carboxylic acids is 1. The summed E-state index contributed by atoms with van der Waals surface area (Å²) in [5.41, 5.74) is 5.51. The lowest BCUT2D eigenvalue weighted by molar-refractivity contribution is -0.126. The van der Waals surface area contributed by atoms with Crippen molar-refractivity contribution in [3.63, 3.8) is 0 Å². The summed E-state index contributed by atoms with van der Waals surface area (Å²) in [4.78, 5) is 32.8. The standard InChI is InChI=1S/C10H14IN2O8P/c11-4-1-3(10(16)13-9(4)12)8-7(15)6(14)5(21-8)2-20-22(17,18)19/h1,3,5-8,14-15H,2H2,(H2,12,13,16)(H2,17,18,19)/t3?,5-,6?,7-,8+/m1/s1. The summed E-state index contributed by atoms with van der Waals surface area (Å²) in [5, 5.41) is 19.8. The second kappa shape index (κ2) is 6.61. The molecule has 0 aromatic carbocycles. The number of phosphoric acid groups is 1. The van der Waals surface area contributed by atoms with Gasteiger partial charge in [0.25, 0.3) is 5.91 Å². The zero-order valence-corrected chi connectivity index (χ0v) is 14.0. The molecule has 22 heavy (non-hydrogen) atoms. The molecule has 10 nitrogen and oxygen atoms in total. The van der Waals surface area contributed by atoms with Crippen LogP contribution in [-0.2, 0) is 18.6 Å². The molecule has 0 saturated carbocycles. The number of rotatable bonds is 4. The predicted octanol–water partition coefficient (Wildman–Crippen LogP) is -1.58. The fourth-order valence-corrected chi connectivity index (χ4v) is 3.03. The number of amides is 1. The van der Waals surface area contributed by atoms with Gasteiger partial charge in [0.05, 0.1) is 16.1 Å². The van der Waals surface area contributed by atoms with Crippen molar-refractivity contribution in [2.45, 2.75) is 24.4 Å². The molecule has 0 bridgehead atoms. The topological polar surface area (TPSA) is 172 Å². The molecular weight excluding hydrogens is 434 g/mol. The molecule has 2 rings (SSSR count). The molecule has 2 unspecified atom stereocenters. The number of ether oxygens (including phenoxy) is 1. The lowest BCUT2D eigenvalue weighted by atomic mass is 9.94. The van der Waals surface area contributed by atoms with E-state index in [1.54, 1.807) is 0 Å². The molecule has 0 aliphatic carbocycles. The van der Waals surface area contributed by atoms with Crippen LogP contribution in [-0.4, -0.2) is 62.8 Å². The number of aliphatic imine (C=N–C) groups is 1. The highest BCUT2D eigenvalue weighted by Gasteiger charge is 2.48. The second-order valence-electron chi connectivity index (χ2n) is 4.78. The summed E-state index contributed by atoms with van der Waals surface area (Å²) in [6, 6.07) is 0. The van der Waals surface area contributed by atoms with Crippen molar-refractivity contribution in [1.29, 1.82) is 0 Å². The van der Waals surface area contributed by atoms with Crippen LogP contribution in [0.3, 0.4) is 0 Å². The minimum absolute atomic E-state index is 0.0521. The van der Waals surface area contributed by atoms with Gasteiger partial charge in [-0.15, -0.1) is 0 Å². The molecule has 0 spiro atoms. The minimum atomic E-state index is -4.74. The highest BCUT2D eigenvalue weighted by molar-refractivity contribution is 14.1. The van der Waals surface area contributed by atoms with Crippen LogP contribution >= 0.6 is 30.4 Å². The van der Waals surface area contributed by atoms with Gasteiger partial charge >= 0.3 is 7.82 Å². The Morgan fingerprint density at radius 1 is 1.41 bits per heavy atom. The number of amidine groups is 1. The molecule has 1 fully saturated rings. The normalized spacial score (nSPS) is 36.2. The Morgan fingerprint density at radius 2 is 2.05 bits per heavy atom.